The summed E-state index contributed by atoms with van der Waals surface area (Å²) in [5, 5.41) is 0.702. The number of aryl methyl sites for hydroxylation is 2. The lowest BCUT2D eigenvalue weighted by atomic mass is 10.1. The van der Waals surface area contributed by atoms with Crippen LogP contribution in [0.1, 0.15) is 5.56 Å². The third kappa shape index (κ3) is 3.53. The summed E-state index contributed by atoms with van der Waals surface area (Å²) >= 11 is 3.82. The summed E-state index contributed by atoms with van der Waals surface area (Å²) in [6.45, 7) is 1.07. The van der Waals surface area contributed by atoms with Crippen molar-refractivity contribution in [2.75, 3.05) is 6.79 Å². The van der Waals surface area contributed by atoms with Crippen LogP contribution in [0.2, 0.25) is 0 Å². The maximum Gasteiger partial charge on any atom is 0.231 e. The van der Waals surface area contributed by atoms with Crippen molar-refractivity contribution >= 4 is 34.4 Å². The van der Waals surface area contributed by atoms with Gasteiger partial charge in [-0.1, -0.05) is 30.3 Å². The Morgan fingerprint density at radius 1 is 1.07 bits per heavy atom. The van der Waals surface area contributed by atoms with E-state index in [-0.39, 0.29) is 6.79 Å². The quantitative estimate of drug-likeness (QED) is 0.375. The first-order valence-electron chi connectivity index (χ1n) is 8.75. The van der Waals surface area contributed by atoms with Crippen LogP contribution in [0.5, 0.6) is 11.5 Å². The van der Waals surface area contributed by atoms with E-state index >= 15 is 0 Å². The molecular weight excluding hydrogens is 487 g/mol. The fourth-order valence-corrected chi connectivity index (χ4v) is 4.61. The van der Waals surface area contributed by atoms with Crippen molar-refractivity contribution in [2.24, 2.45) is 0 Å². The highest BCUT2D eigenvalue weighted by Gasteiger charge is 2.20. The fourth-order valence-electron chi connectivity index (χ4n) is 3.04. The highest BCUT2D eigenvalue weighted by molar-refractivity contribution is 14.1. The molecule has 0 bridgehead atoms. The van der Waals surface area contributed by atoms with Crippen LogP contribution in [0, 0.1) is 3.57 Å². The smallest absolute Gasteiger partial charge is 0.231 e. The highest BCUT2D eigenvalue weighted by Crippen LogP contribution is 2.41. The Morgan fingerprint density at radius 2 is 1.89 bits per heavy atom. The normalized spacial score (nSPS) is 12.6. The van der Waals surface area contributed by atoms with Crippen molar-refractivity contribution in [3.05, 3.63) is 64.1 Å². The van der Waals surface area contributed by atoms with Gasteiger partial charge in [0.25, 0.3) is 0 Å². The van der Waals surface area contributed by atoms with Gasteiger partial charge in [0.15, 0.2) is 22.5 Å². The Labute approximate surface area is 179 Å². The zero-order valence-corrected chi connectivity index (χ0v) is 17.7. The molecule has 2 aromatic carbocycles. The van der Waals surface area contributed by atoms with E-state index in [1.165, 1.54) is 17.3 Å². The third-order valence-corrected chi connectivity index (χ3v) is 6.62. The van der Waals surface area contributed by atoms with E-state index in [4.69, 9.17) is 14.5 Å². The van der Waals surface area contributed by atoms with E-state index in [0.717, 1.165) is 44.4 Å². The van der Waals surface area contributed by atoms with Crippen LogP contribution in [0.3, 0.4) is 0 Å². The maximum atomic E-state index is 5.49. The molecule has 0 aromatic heterocycles. The Hall–Kier alpha value is -2.33. The summed E-state index contributed by atoms with van der Waals surface area (Å²) < 4.78 is 14.1. The molecule has 0 aliphatic carbocycles. The van der Waals surface area contributed by atoms with Gasteiger partial charge in [0.05, 0.1) is 12.5 Å². The molecular formula is C20H15IN4O2S. The van der Waals surface area contributed by atoms with Gasteiger partial charge in [0, 0.05) is 15.0 Å². The molecule has 140 valence electrons. The topological polar surface area (TPSA) is 62.1 Å². The molecule has 8 heteroatoms. The number of hydrogen-bond acceptors (Lipinski definition) is 6. The molecule has 3 aliphatic heterocycles. The number of fused-ring (bicyclic) bond motifs is 2. The second kappa shape index (κ2) is 7.59. The van der Waals surface area contributed by atoms with E-state index in [9.17, 15) is 0 Å². The molecule has 5 rings (SSSR count). The highest BCUT2D eigenvalue weighted by atomic mass is 127. The predicted octanol–water partition coefficient (Wildman–Crippen LogP) is 4.51. The number of rotatable bonds is 5. The van der Waals surface area contributed by atoms with E-state index in [1.807, 2.05) is 24.5 Å². The molecule has 0 atom stereocenters. The Balaban J connectivity index is 1.40. The van der Waals surface area contributed by atoms with Crippen molar-refractivity contribution in [3.63, 3.8) is 0 Å². The summed E-state index contributed by atoms with van der Waals surface area (Å²) in [7, 11) is 0. The van der Waals surface area contributed by atoms with Crippen molar-refractivity contribution in [2.45, 2.75) is 23.0 Å². The number of ether oxygens (including phenoxy) is 2. The predicted molar refractivity (Wildman–Crippen MR) is 114 cm³/mol. The summed E-state index contributed by atoms with van der Waals surface area (Å²) in [6.07, 6.45) is 4.50. The number of imidazole rings is 1. The Morgan fingerprint density at radius 3 is 2.75 bits per heavy atom. The lowest BCUT2D eigenvalue weighted by Crippen LogP contribution is -2.07. The molecule has 0 radical (unpaired) electrons. The maximum absolute atomic E-state index is 5.49. The van der Waals surface area contributed by atoms with Crippen LogP contribution in [-0.4, -0.2) is 26.3 Å². The van der Waals surface area contributed by atoms with Crippen LogP contribution in [0.4, 0.5) is 0 Å². The monoisotopic (exact) mass is 502 g/mol. The van der Waals surface area contributed by atoms with Crippen molar-refractivity contribution in [1.82, 2.24) is 19.5 Å². The molecule has 6 nitrogen and oxygen atoms in total. The molecule has 0 amide bonds. The third-order valence-electron chi connectivity index (χ3n) is 4.43. The SMILES string of the molecule is Ic1cc2c(cc1Sc1nc3cncn(CCc4ccccc4)c-3n1)OCO2. The van der Waals surface area contributed by atoms with Gasteiger partial charge in [-0.05, 0) is 58.5 Å². The molecule has 3 aliphatic rings. The minimum absolute atomic E-state index is 0.267. The first kappa shape index (κ1) is 17.7. The van der Waals surface area contributed by atoms with Crippen molar-refractivity contribution in [1.29, 1.82) is 0 Å². The number of halogens is 1. The molecule has 0 unspecified atom stereocenters. The zero-order valence-electron chi connectivity index (χ0n) is 14.7. The molecule has 0 fully saturated rings. The van der Waals surface area contributed by atoms with Crippen molar-refractivity contribution < 1.29 is 9.47 Å². The number of nitrogens with zero attached hydrogens (tertiary/aromatic N) is 4. The number of benzene rings is 2. The van der Waals surface area contributed by atoms with E-state index in [2.05, 4.69) is 61.4 Å². The molecule has 0 saturated heterocycles. The lowest BCUT2D eigenvalue weighted by Gasteiger charge is -2.09. The van der Waals surface area contributed by atoms with E-state index in [0.29, 0.717) is 5.16 Å². The summed E-state index contributed by atoms with van der Waals surface area (Å²) in [4.78, 5) is 14.8. The van der Waals surface area contributed by atoms with Crippen LogP contribution < -0.4 is 9.47 Å². The first-order valence-corrected chi connectivity index (χ1v) is 10.6. The van der Waals surface area contributed by atoms with E-state index in [1.54, 1.807) is 6.20 Å². The van der Waals surface area contributed by atoms with Gasteiger partial charge in [0.1, 0.15) is 5.69 Å². The standard InChI is InChI=1S/C20H15IN4O2S/c21-14-8-16-17(27-12-26-16)9-18(14)28-20-23-15-10-22-11-25(19(15)24-20)7-6-13-4-2-1-3-5-13/h1-5,8-11H,6-7,12H2. The largest absolute Gasteiger partial charge is 0.454 e. The summed E-state index contributed by atoms with van der Waals surface area (Å²) in [6, 6.07) is 14.4. The van der Waals surface area contributed by atoms with Gasteiger partial charge in [-0.15, -0.1) is 0 Å². The van der Waals surface area contributed by atoms with Crippen LogP contribution in [-0.2, 0) is 13.0 Å². The number of aromatic nitrogens is 4. The fraction of sp³-hybridized carbons (Fsp3) is 0.150. The van der Waals surface area contributed by atoms with E-state index < -0.39 is 0 Å². The first-order chi connectivity index (χ1) is 13.8. The summed E-state index contributed by atoms with van der Waals surface area (Å²) in [5.41, 5.74) is 2.09. The Kier molecular flexibility index (Phi) is 4.81. The van der Waals surface area contributed by atoms with Gasteiger partial charge in [0.2, 0.25) is 6.79 Å². The Bertz CT molecular complexity index is 1100. The molecule has 0 saturated carbocycles. The lowest BCUT2D eigenvalue weighted by molar-refractivity contribution is 0.174. The van der Waals surface area contributed by atoms with Crippen LogP contribution >= 0.6 is 34.4 Å². The minimum Gasteiger partial charge on any atom is -0.454 e. The molecule has 2 aromatic rings. The van der Waals surface area contributed by atoms with Gasteiger partial charge in [-0.3, -0.25) is 0 Å². The van der Waals surface area contributed by atoms with Gasteiger partial charge >= 0.3 is 0 Å². The molecule has 0 spiro atoms. The zero-order chi connectivity index (χ0) is 18.9. The van der Waals surface area contributed by atoms with Crippen LogP contribution in [0.15, 0.2) is 65.0 Å². The molecule has 28 heavy (non-hydrogen) atoms. The second-order valence-electron chi connectivity index (χ2n) is 6.28. The molecule has 3 heterocycles. The molecule has 0 N–H and O–H groups in total. The summed E-state index contributed by atoms with van der Waals surface area (Å²) in [5.74, 6) is 2.40. The second-order valence-corrected chi connectivity index (χ2v) is 8.45. The van der Waals surface area contributed by atoms with Gasteiger partial charge < -0.3 is 14.0 Å². The number of hydrogen-bond donors (Lipinski definition) is 0. The van der Waals surface area contributed by atoms with Gasteiger partial charge in [-0.25, -0.2) is 15.0 Å². The average molecular weight is 502 g/mol. The average Bonchev–Trinajstić information content (AvgIpc) is 3.33. The van der Waals surface area contributed by atoms with Crippen LogP contribution in [0.25, 0.3) is 11.5 Å². The van der Waals surface area contributed by atoms with Crippen molar-refractivity contribution in [3.8, 4) is 23.0 Å². The van der Waals surface area contributed by atoms with Gasteiger partial charge in [-0.2, -0.15) is 0 Å². The minimum atomic E-state index is 0.267.